The molecule has 1 aliphatic heterocycles. The van der Waals surface area contributed by atoms with E-state index in [0.29, 0.717) is 0 Å². The molecule has 0 spiro atoms. The summed E-state index contributed by atoms with van der Waals surface area (Å²) in [5.41, 5.74) is 6.15. The molecule has 0 fully saturated rings. The van der Waals surface area contributed by atoms with Crippen LogP contribution in [0, 0.1) is 5.92 Å². The number of ketones is 1. The Morgan fingerprint density at radius 3 is 3.14 bits per heavy atom. The molecular weight excluding hydrogens is 244 g/mol. The van der Waals surface area contributed by atoms with Crippen molar-refractivity contribution < 1.29 is 4.79 Å². The maximum absolute atomic E-state index is 11.6. The zero-order valence-electron chi connectivity index (χ0n) is 7.53. The van der Waals surface area contributed by atoms with Crippen molar-refractivity contribution in [1.29, 1.82) is 0 Å². The molecule has 0 aromatic carbocycles. The van der Waals surface area contributed by atoms with Gasteiger partial charge in [0.2, 0.25) is 0 Å². The Morgan fingerprint density at radius 2 is 2.43 bits per heavy atom. The third kappa shape index (κ3) is 1.44. The van der Waals surface area contributed by atoms with E-state index < -0.39 is 0 Å². The van der Waals surface area contributed by atoms with Gasteiger partial charge in [0.15, 0.2) is 5.78 Å². The normalized spacial score (nSPS) is 29.0. The van der Waals surface area contributed by atoms with Crippen LogP contribution in [0.15, 0.2) is 34.5 Å². The highest BCUT2D eigenvalue weighted by Gasteiger charge is 2.33. The Bertz CT molecular complexity index is 357. The van der Waals surface area contributed by atoms with Crippen LogP contribution in [0.3, 0.4) is 0 Å². The summed E-state index contributed by atoms with van der Waals surface area (Å²) in [7, 11) is 0. The molecule has 4 heteroatoms. The van der Waals surface area contributed by atoms with Gasteiger partial charge in [-0.05, 0) is 0 Å². The summed E-state index contributed by atoms with van der Waals surface area (Å²) in [5, 5.41) is 3.19. The first-order valence-electron chi connectivity index (χ1n) is 4.47. The number of nitrogens with one attached hydrogen (secondary N) is 1. The first-order valence-corrected chi connectivity index (χ1v) is 5.26. The Hall–Kier alpha value is -0.870. The first kappa shape index (κ1) is 9.68. The zero-order chi connectivity index (χ0) is 10.1. The lowest BCUT2D eigenvalue weighted by molar-refractivity contribution is -0.114. The SMILES string of the molecule is NCC(=O)C1=CC=CC2NC=C(Br)C12. The van der Waals surface area contributed by atoms with Crippen molar-refractivity contribution in [3.63, 3.8) is 0 Å². The summed E-state index contributed by atoms with van der Waals surface area (Å²) in [5.74, 6) is 0.120. The van der Waals surface area contributed by atoms with Crippen LogP contribution in [-0.4, -0.2) is 18.4 Å². The van der Waals surface area contributed by atoms with Gasteiger partial charge in [-0.25, -0.2) is 0 Å². The van der Waals surface area contributed by atoms with Crippen molar-refractivity contribution in [1.82, 2.24) is 5.32 Å². The van der Waals surface area contributed by atoms with E-state index in [1.807, 2.05) is 24.4 Å². The Labute approximate surface area is 90.9 Å². The number of halogens is 1. The molecule has 0 aromatic rings. The molecule has 0 radical (unpaired) electrons. The second-order valence-electron chi connectivity index (χ2n) is 3.33. The molecule has 74 valence electrons. The lowest BCUT2D eigenvalue weighted by atomic mass is 9.86. The molecule has 1 heterocycles. The molecule has 3 nitrogen and oxygen atoms in total. The Balaban J connectivity index is 2.31. The number of fused-ring (bicyclic) bond motifs is 1. The van der Waals surface area contributed by atoms with E-state index in [9.17, 15) is 4.79 Å². The quantitative estimate of drug-likeness (QED) is 0.768. The van der Waals surface area contributed by atoms with E-state index in [1.165, 1.54) is 0 Å². The number of rotatable bonds is 2. The number of hydrogen-bond acceptors (Lipinski definition) is 3. The van der Waals surface area contributed by atoms with E-state index in [0.717, 1.165) is 10.1 Å². The Morgan fingerprint density at radius 1 is 1.64 bits per heavy atom. The van der Waals surface area contributed by atoms with Gasteiger partial charge in [0.1, 0.15) is 0 Å². The van der Waals surface area contributed by atoms with Crippen molar-refractivity contribution in [2.75, 3.05) is 6.54 Å². The highest BCUT2D eigenvalue weighted by Crippen LogP contribution is 2.35. The molecule has 2 atom stereocenters. The Kier molecular flexibility index (Phi) is 2.56. The second-order valence-corrected chi connectivity index (χ2v) is 4.25. The van der Waals surface area contributed by atoms with Crippen molar-refractivity contribution in [3.05, 3.63) is 34.5 Å². The summed E-state index contributed by atoms with van der Waals surface area (Å²) < 4.78 is 1.01. The van der Waals surface area contributed by atoms with Gasteiger partial charge in [0.05, 0.1) is 12.6 Å². The van der Waals surface area contributed by atoms with Crippen molar-refractivity contribution in [2.24, 2.45) is 11.7 Å². The summed E-state index contributed by atoms with van der Waals surface area (Å²) in [6.07, 6.45) is 7.68. The van der Waals surface area contributed by atoms with Crippen LogP contribution in [0.4, 0.5) is 0 Å². The van der Waals surface area contributed by atoms with E-state index in [-0.39, 0.29) is 24.3 Å². The molecule has 0 saturated heterocycles. The van der Waals surface area contributed by atoms with Crippen molar-refractivity contribution >= 4 is 21.7 Å². The third-order valence-electron chi connectivity index (χ3n) is 2.51. The molecule has 1 aliphatic carbocycles. The van der Waals surface area contributed by atoms with Gasteiger partial charge in [-0.2, -0.15) is 0 Å². The van der Waals surface area contributed by atoms with Crippen LogP contribution < -0.4 is 11.1 Å². The van der Waals surface area contributed by atoms with E-state index >= 15 is 0 Å². The van der Waals surface area contributed by atoms with Gasteiger partial charge in [0, 0.05) is 22.2 Å². The molecule has 0 aromatic heterocycles. The van der Waals surface area contributed by atoms with E-state index in [1.54, 1.807) is 0 Å². The van der Waals surface area contributed by atoms with Gasteiger partial charge in [0.25, 0.3) is 0 Å². The highest BCUT2D eigenvalue weighted by molar-refractivity contribution is 9.11. The smallest absolute Gasteiger partial charge is 0.173 e. The number of Topliss-reactive ketones (excluding diaryl/α,β-unsaturated/α-hetero) is 1. The van der Waals surface area contributed by atoms with E-state index in [4.69, 9.17) is 5.73 Å². The largest absolute Gasteiger partial charge is 0.383 e. The summed E-state index contributed by atoms with van der Waals surface area (Å²) >= 11 is 3.45. The van der Waals surface area contributed by atoms with Crippen LogP contribution in [-0.2, 0) is 4.79 Å². The minimum atomic E-state index is 0.0124. The van der Waals surface area contributed by atoms with Gasteiger partial charge < -0.3 is 11.1 Å². The average molecular weight is 255 g/mol. The molecule has 0 saturated carbocycles. The van der Waals surface area contributed by atoms with Crippen molar-refractivity contribution in [3.8, 4) is 0 Å². The number of nitrogens with two attached hydrogens (primary N) is 1. The maximum atomic E-state index is 11.6. The fourth-order valence-corrected chi connectivity index (χ4v) is 2.47. The van der Waals surface area contributed by atoms with Crippen molar-refractivity contribution in [2.45, 2.75) is 6.04 Å². The fourth-order valence-electron chi connectivity index (χ4n) is 1.81. The molecule has 2 unspecified atom stereocenters. The predicted molar refractivity (Wildman–Crippen MR) is 58.7 cm³/mol. The van der Waals surface area contributed by atoms with Gasteiger partial charge in [-0.1, -0.05) is 34.2 Å². The van der Waals surface area contributed by atoms with Crippen LogP contribution >= 0.6 is 15.9 Å². The van der Waals surface area contributed by atoms with Crippen LogP contribution in [0.5, 0.6) is 0 Å². The highest BCUT2D eigenvalue weighted by atomic mass is 79.9. The van der Waals surface area contributed by atoms with Crippen LogP contribution in [0.2, 0.25) is 0 Å². The monoisotopic (exact) mass is 254 g/mol. The number of carbonyl (C=O) groups excluding carboxylic acids is 1. The lowest BCUT2D eigenvalue weighted by Crippen LogP contribution is -2.32. The molecule has 0 bridgehead atoms. The molecule has 3 N–H and O–H groups in total. The number of hydrogen-bond donors (Lipinski definition) is 2. The fraction of sp³-hybridized carbons (Fsp3) is 0.300. The lowest BCUT2D eigenvalue weighted by Gasteiger charge is -2.22. The molecule has 2 rings (SSSR count). The molecule has 2 aliphatic rings. The summed E-state index contributed by atoms with van der Waals surface area (Å²) in [6, 6.07) is 0.194. The van der Waals surface area contributed by atoms with Gasteiger partial charge in [-0.15, -0.1) is 0 Å². The number of carbonyl (C=O) groups is 1. The maximum Gasteiger partial charge on any atom is 0.173 e. The zero-order valence-corrected chi connectivity index (χ0v) is 9.12. The molecule has 0 amide bonds. The first-order chi connectivity index (χ1) is 6.74. The third-order valence-corrected chi connectivity index (χ3v) is 3.23. The molecular formula is C10H11BrN2O. The molecule has 14 heavy (non-hydrogen) atoms. The summed E-state index contributed by atoms with van der Waals surface area (Å²) in [4.78, 5) is 11.6. The van der Waals surface area contributed by atoms with Crippen LogP contribution in [0.1, 0.15) is 0 Å². The van der Waals surface area contributed by atoms with Gasteiger partial charge in [-0.3, -0.25) is 4.79 Å². The average Bonchev–Trinajstić information content (AvgIpc) is 2.59. The predicted octanol–water partition coefficient (Wildman–Crippen LogP) is 0.835. The minimum Gasteiger partial charge on any atom is -0.383 e. The summed E-state index contributed by atoms with van der Waals surface area (Å²) in [6.45, 7) is 0.0726. The minimum absolute atomic E-state index is 0.0124. The van der Waals surface area contributed by atoms with Gasteiger partial charge >= 0.3 is 0 Å². The number of allylic oxidation sites excluding steroid dienone is 2. The second kappa shape index (κ2) is 3.71. The van der Waals surface area contributed by atoms with E-state index in [2.05, 4.69) is 21.2 Å². The topological polar surface area (TPSA) is 55.1 Å². The van der Waals surface area contributed by atoms with Crippen LogP contribution in [0.25, 0.3) is 0 Å². The standard InChI is InChI=1S/C10H11BrN2O/c11-7-5-13-8-3-1-2-6(10(7)8)9(14)4-12/h1-3,5,8,10,13H,4,12H2.